The lowest BCUT2D eigenvalue weighted by Gasteiger charge is -2.38. The first-order chi connectivity index (χ1) is 19.5. The Hall–Kier alpha value is -4.30. The summed E-state index contributed by atoms with van der Waals surface area (Å²) in [5, 5.41) is 6.00. The van der Waals surface area contributed by atoms with Crippen molar-refractivity contribution in [3.63, 3.8) is 0 Å². The third-order valence-corrected chi connectivity index (χ3v) is 7.42. The van der Waals surface area contributed by atoms with Gasteiger partial charge in [-0.3, -0.25) is 9.59 Å². The maximum absolute atomic E-state index is 13.5. The normalized spacial score (nSPS) is 13.1. The SMILES string of the molecule is COc1ccccc1N1CCN(c2ccc(NC(=O)c3cccc(Br)c3)cc2C(=O)NCc2ccccc2)CC1. The Bertz CT molecular complexity index is 1490. The molecule has 1 heterocycles. The predicted molar refractivity (Wildman–Crippen MR) is 164 cm³/mol. The molecule has 0 spiro atoms. The number of benzene rings is 4. The van der Waals surface area contributed by atoms with Crippen LogP contribution >= 0.6 is 15.9 Å². The Morgan fingerprint density at radius 2 is 1.48 bits per heavy atom. The number of para-hydroxylation sites is 2. The summed E-state index contributed by atoms with van der Waals surface area (Å²) in [5.74, 6) is 0.419. The Balaban J connectivity index is 1.37. The van der Waals surface area contributed by atoms with E-state index in [0.717, 1.165) is 53.3 Å². The number of nitrogens with zero attached hydrogens (tertiary/aromatic N) is 2. The number of amides is 2. The molecule has 2 N–H and O–H groups in total. The number of carbonyl (C=O) groups is 2. The van der Waals surface area contributed by atoms with Crippen LogP contribution in [0.15, 0.2) is 102 Å². The third-order valence-electron chi connectivity index (χ3n) is 6.93. The van der Waals surface area contributed by atoms with Gasteiger partial charge in [0.05, 0.1) is 18.4 Å². The van der Waals surface area contributed by atoms with Crippen LogP contribution in [0, 0.1) is 0 Å². The monoisotopic (exact) mass is 598 g/mol. The van der Waals surface area contributed by atoms with Crippen molar-refractivity contribution in [1.29, 1.82) is 0 Å². The van der Waals surface area contributed by atoms with Crippen molar-refractivity contribution in [3.05, 3.63) is 118 Å². The van der Waals surface area contributed by atoms with Crippen molar-refractivity contribution in [2.24, 2.45) is 0 Å². The van der Waals surface area contributed by atoms with Gasteiger partial charge >= 0.3 is 0 Å². The minimum Gasteiger partial charge on any atom is -0.495 e. The first-order valence-corrected chi connectivity index (χ1v) is 14.0. The minimum atomic E-state index is -0.241. The zero-order valence-corrected chi connectivity index (χ0v) is 23.9. The van der Waals surface area contributed by atoms with Crippen LogP contribution in [0.3, 0.4) is 0 Å². The summed E-state index contributed by atoms with van der Waals surface area (Å²) in [6.45, 7) is 3.45. The van der Waals surface area contributed by atoms with Crippen LogP contribution in [0.5, 0.6) is 5.75 Å². The highest BCUT2D eigenvalue weighted by Gasteiger charge is 2.24. The van der Waals surface area contributed by atoms with Crippen molar-refractivity contribution in [3.8, 4) is 5.75 Å². The molecule has 0 atom stereocenters. The Kier molecular flexibility index (Phi) is 8.66. The van der Waals surface area contributed by atoms with Crippen molar-refractivity contribution in [2.75, 3.05) is 48.4 Å². The lowest BCUT2D eigenvalue weighted by Crippen LogP contribution is -2.47. The van der Waals surface area contributed by atoms with Gasteiger partial charge in [-0.25, -0.2) is 0 Å². The number of piperazine rings is 1. The topological polar surface area (TPSA) is 73.9 Å². The predicted octanol–water partition coefficient (Wildman–Crippen LogP) is 5.97. The van der Waals surface area contributed by atoms with Crippen LogP contribution in [0.2, 0.25) is 0 Å². The second-order valence-corrected chi connectivity index (χ2v) is 10.4. The molecule has 4 aromatic rings. The zero-order valence-electron chi connectivity index (χ0n) is 22.3. The van der Waals surface area contributed by atoms with E-state index in [4.69, 9.17) is 4.74 Å². The summed E-state index contributed by atoms with van der Waals surface area (Å²) in [4.78, 5) is 31.0. The van der Waals surface area contributed by atoms with Gasteiger partial charge in [0, 0.05) is 54.1 Å². The number of nitrogens with one attached hydrogen (secondary N) is 2. The first kappa shape index (κ1) is 27.3. The van der Waals surface area contributed by atoms with Crippen LogP contribution in [0.4, 0.5) is 17.1 Å². The molecule has 0 aliphatic carbocycles. The van der Waals surface area contributed by atoms with Crippen LogP contribution in [-0.2, 0) is 6.54 Å². The quantitative estimate of drug-likeness (QED) is 0.261. The number of methoxy groups -OCH3 is 1. The van der Waals surface area contributed by atoms with Gasteiger partial charge < -0.3 is 25.2 Å². The fraction of sp³-hybridized carbons (Fsp3) is 0.188. The summed E-state index contributed by atoms with van der Waals surface area (Å²) in [6, 6.07) is 30.6. The molecule has 40 heavy (non-hydrogen) atoms. The molecule has 0 bridgehead atoms. The molecule has 0 unspecified atom stereocenters. The van der Waals surface area contributed by atoms with Gasteiger partial charge in [-0.05, 0) is 54.1 Å². The number of hydrogen-bond acceptors (Lipinski definition) is 5. The maximum Gasteiger partial charge on any atom is 0.255 e. The van der Waals surface area contributed by atoms with E-state index < -0.39 is 0 Å². The fourth-order valence-corrected chi connectivity index (χ4v) is 5.26. The lowest BCUT2D eigenvalue weighted by molar-refractivity contribution is 0.0950. The molecule has 7 nitrogen and oxygen atoms in total. The number of halogens is 1. The van der Waals surface area contributed by atoms with Crippen LogP contribution in [-0.4, -0.2) is 45.1 Å². The average Bonchev–Trinajstić information content (AvgIpc) is 3.00. The minimum absolute atomic E-state index is 0.190. The van der Waals surface area contributed by atoms with Gasteiger partial charge in [0.15, 0.2) is 0 Å². The van der Waals surface area contributed by atoms with Gasteiger partial charge in [0.1, 0.15) is 5.75 Å². The molecular weight excluding hydrogens is 568 g/mol. The number of carbonyl (C=O) groups excluding carboxylic acids is 2. The van der Waals surface area contributed by atoms with E-state index in [1.54, 1.807) is 25.3 Å². The highest BCUT2D eigenvalue weighted by molar-refractivity contribution is 9.10. The number of ether oxygens (including phenoxy) is 1. The third kappa shape index (κ3) is 6.46. The molecule has 0 saturated carbocycles. The zero-order chi connectivity index (χ0) is 27.9. The highest BCUT2D eigenvalue weighted by atomic mass is 79.9. The van der Waals surface area contributed by atoms with E-state index in [1.807, 2.05) is 72.8 Å². The molecule has 2 amide bonds. The first-order valence-electron chi connectivity index (χ1n) is 13.2. The molecule has 4 aromatic carbocycles. The van der Waals surface area contributed by atoms with E-state index >= 15 is 0 Å². The van der Waals surface area contributed by atoms with E-state index in [9.17, 15) is 9.59 Å². The van der Waals surface area contributed by atoms with Crippen molar-refractivity contribution in [1.82, 2.24) is 5.32 Å². The fourth-order valence-electron chi connectivity index (χ4n) is 4.86. The maximum atomic E-state index is 13.5. The van der Waals surface area contributed by atoms with E-state index in [0.29, 0.717) is 23.4 Å². The molecule has 8 heteroatoms. The van der Waals surface area contributed by atoms with Crippen LogP contribution < -0.4 is 25.2 Å². The standard InChI is InChI=1S/C32H31BrN4O3/c1-40-30-13-6-5-12-29(30)37-18-16-36(17-19-37)28-15-14-26(35-31(38)24-10-7-11-25(33)20-24)21-27(28)32(39)34-22-23-8-3-2-4-9-23/h2-15,20-21H,16-19,22H2,1H3,(H,34,39)(H,35,38). The van der Waals surface area contributed by atoms with Gasteiger partial charge in [0.25, 0.3) is 11.8 Å². The molecule has 0 radical (unpaired) electrons. The summed E-state index contributed by atoms with van der Waals surface area (Å²) in [6.07, 6.45) is 0. The van der Waals surface area contributed by atoms with E-state index in [-0.39, 0.29) is 11.8 Å². The number of anilines is 3. The summed E-state index contributed by atoms with van der Waals surface area (Å²) in [7, 11) is 1.69. The second-order valence-electron chi connectivity index (χ2n) is 9.51. The largest absolute Gasteiger partial charge is 0.495 e. The smallest absolute Gasteiger partial charge is 0.255 e. The lowest BCUT2D eigenvalue weighted by atomic mass is 10.1. The van der Waals surface area contributed by atoms with Crippen molar-refractivity contribution < 1.29 is 14.3 Å². The van der Waals surface area contributed by atoms with Gasteiger partial charge in [-0.2, -0.15) is 0 Å². The van der Waals surface area contributed by atoms with Crippen LogP contribution in [0.1, 0.15) is 26.3 Å². The Morgan fingerprint density at radius 1 is 0.775 bits per heavy atom. The molecule has 1 aliphatic heterocycles. The van der Waals surface area contributed by atoms with E-state index in [1.165, 1.54) is 0 Å². The molecular formula is C32H31BrN4O3. The van der Waals surface area contributed by atoms with Gasteiger partial charge in [-0.1, -0.05) is 64.5 Å². The molecule has 1 aliphatic rings. The second kappa shape index (κ2) is 12.7. The van der Waals surface area contributed by atoms with Gasteiger partial charge in [-0.15, -0.1) is 0 Å². The van der Waals surface area contributed by atoms with Crippen molar-refractivity contribution >= 4 is 44.8 Å². The molecule has 0 aromatic heterocycles. The highest BCUT2D eigenvalue weighted by Crippen LogP contribution is 2.31. The van der Waals surface area contributed by atoms with Crippen LogP contribution in [0.25, 0.3) is 0 Å². The van der Waals surface area contributed by atoms with E-state index in [2.05, 4.69) is 42.4 Å². The number of hydrogen-bond donors (Lipinski definition) is 2. The molecule has 204 valence electrons. The molecule has 1 fully saturated rings. The summed E-state index contributed by atoms with van der Waals surface area (Å²) in [5.41, 5.74) is 4.53. The van der Waals surface area contributed by atoms with Gasteiger partial charge in [0.2, 0.25) is 0 Å². The Labute approximate surface area is 242 Å². The molecule has 5 rings (SSSR count). The van der Waals surface area contributed by atoms with Crippen molar-refractivity contribution in [2.45, 2.75) is 6.54 Å². The number of rotatable bonds is 8. The molecule has 1 saturated heterocycles. The summed E-state index contributed by atoms with van der Waals surface area (Å²) >= 11 is 3.41. The summed E-state index contributed by atoms with van der Waals surface area (Å²) < 4.78 is 6.38. The average molecular weight is 600 g/mol. The Morgan fingerprint density at radius 3 is 2.20 bits per heavy atom.